The van der Waals surface area contributed by atoms with E-state index in [0.717, 1.165) is 0 Å². The van der Waals surface area contributed by atoms with Crippen molar-refractivity contribution in [1.29, 1.82) is 5.26 Å². The number of carboxylic acid groups (broad SMARTS) is 1. The van der Waals surface area contributed by atoms with Crippen molar-refractivity contribution in [3.8, 4) is 6.07 Å². The molecule has 0 fully saturated rings. The number of rotatable bonds is 1. The monoisotopic (exact) mass is 163 g/mol. The molecule has 1 amide bonds. The van der Waals surface area contributed by atoms with Crippen molar-refractivity contribution in [3.63, 3.8) is 0 Å². The molecule has 5 nitrogen and oxygen atoms in total. The first-order valence-electron chi connectivity index (χ1n) is 3.09. The van der Waals surface area contributed by atoms with E-state index in [1.165, 1.54) is 12.1 Å². The van der Waals surface area contributed by atoms with Crippen molar-refractivity contribution < 1.29 is 9.90 Å². The number of hydrogen-bond acceptors (Lipinski definition) is 3. The predicted molar refractivity (Wildman–Crippen MR) is 40.6 cm³/mol. The molecular weight excluding hydrogens is 158 g/mol. The quantitative estimate of drug-likeness (QED) is 0.647. The van der Waals surface area contributed by atoms with Crippen LogP contribution >= 0.6 is 0 Å². The summed E-state index contributed by atoms with van der Waals surface area (Å²) in [7, 11) is 0. The minimum absolute atomic E-state index is 0.154. The van der Waals surface area contributed by atoms with Gasteiger partial charge in [-0.15, -0.1) is 0 Å². The average Bonchev–Trinajstić information content (AvgIpc) is 2.03. The maximum Gasteiger partial charge on any atom is 0.410 e. The lowest BCUT2D eigenvalue weighted by atomic mass is 10.4. The second-order valence-electron chi connectivity index (χ2n) is 1.95. The molecular formula is C7H5N3O2. The summed E-state index contributed by atoms with van der Waals surface area (Å²) in [4.78, 5) is 13.8. The van der Waals surface area contributed by atoms with Crippen molar-refractivity contribution in [1.82, 2.24) is 4.98 Å². The summed E-state index contributed by atoms with van der Waals surface area (Å²) in [6, 6.07) is 6.31. The molecule has 0 spiro atoms. The van der Waals surface area contributed by atoms with Crippen LogP contribution in [-0.2, 0) is 0 Å². The number of nitriles is 1. The topological polar surface area (TPSA) is 86.0 Å². The fourth-order valence-corrected chi connectivity index (χ4v) is 0.676. The van der Waals surface area contributed by atoms with E-state index in [4.69, 9.17) is 10.4 Å². The molecule has 1 aromatic rings. The van der Waals surface area contributed by atoms with E-state index >= 15 is 0 Å². The van der Waals surface area contributed by atoms with Gasteiger partial charge in [-0.2, -0.15) is 5.26 Å². The van der Waals surface area contributed by atoms with E-state index in [1.54, 1.807) is 12.1 Å². The lowest BCUT2D eigenvalue weighted by Gasteiger charge is -1.97. The molecule has 0 atom stereocenters. The van der Waals surface area contributed by atoms with Gasteiger partial charge in [0.15, 0.2) is 0 Å². The summed E-state index contributed by atoms with van der Waals surface area (Å²) in [5.74, 6) is 0.154. The van der Waals surface area contributed by atoms with E-state index in [9.17, 15) is 4.79 Å². The van der Waals surface area contributed by atoms with Crippen LogP contribution in [0.1, 0.15) is 5.69 Å². The first kappa shape index (κ1) is 8.01. The zero-order valence-corrected chi connectivity index (χ0v) is 5.98. The van der Waals surface area contributed by atoms with Gasteiger partial charge in [0.05, 0.1) is 0 Å². The van der Waals surface area contributed by atoms with Gasteiger partial charge in [0.1, 0.15) is 17.6 Å². The number of pyridine rings is 1. The van der Waals surface area contributed by atoms with Crippen LogP contribution in [-0.4, -0.2) is 16.2 Å². The Bertz CT molecular complexity index is 343. The van der Waals surface area contributed by atoms with Crippen molar-refractivity contribution in [2.45, 2.75) is 0 Å². The summed E-state index contributed by atoms with van der Waals surface area (Å²) >= 11 is 0. The minimum Gasteiger partial charge on any atom is -0.465 e. The Hall–Kier alpha value is -2.09. The summed E-state index contributed by atoms with van der Waals surface area (Å²) in [5, 5.41) is 18.7. The highest BCUT2D eigenvalue weighted by atomic mass is 16.4. The normalized spacial score (nSPS) is 8.58. The number of aromatic nitrogens is 1. The predicted octanol–water partition coefficient (Wildman–Crippen LogP) is 1.04. The Kier molecular flexibility index (Phi) is 2.23. The molecule has 0 aliphatic carbocycles. The second-order valence-corrected chi connectivity index (χ2v) is 1.95. The van der Waals surface area contributed by atoms with Gasteiger partial charge in [0.25, 0.3) is 0 Å². The Labute approximate surface area is 68.3 Å². The summed E-state index contributed by atoms with van der Waals surface area (Å²) in [5.41, 5.74) is 0.182. The lowest BCUT2D eigenvalue weighted by Crippen LogP contribution is -2.08. The Morgan fingerprint density at radius 2 is 2.42 bits per heavy atom. The lowest BCUT2D eigenvalue weighted by molar-refractivity contribution is 0.209. The molecule has 1 heterocycles. The molecule has 0 aliphatic rings. The number of amides is 1. The Morgan fingerprint density at radius 1 is 1.67 bits per heavy atom. The van der Waals surface area contributed by atoms with Gasteiger partial charge < -0.3 is 5.11 Å². The Morgan fingerprint density at radius 3 is 3.00 bits per heavy atom. The molecule has 12 heavy (non-hydrogen) atoms. The molecule has 1 rings (SSSR count). The van der Waals surface area contributed by atoms with Gasteiger partial charge in [-0.25, -0.2) is 9.78 Å². The molecule has 0 bridgehead atoms. The highest BCUT2D eigenvalue weighted by molar-refractivity contribution is 5.81. The van der Waals surface area contributed by atoms with Crippen LogP contribution in [0.4, 0.5) is 10.6 Å². The third kappa shape index (κ3) is 1.95. The molecule has 0 aliphatic heterocycles. The van der Waals surface area contributed by atoms with Crippen LogP contribution in [0, 0.1) is 11.3 Å². The van der Waals surface area contributed by atoms with Crippen LogP contribution in [0.15, 0.2) is 18.2 Å². The van der Waals surface area contributed by atoms with Gasteiger partial charge in [0, 0.05) is 0 Å². The van der Waals surface area contributed by atoms with Crippen LogP contribution in [0.5, 0.6) is 0 Å². The average molecular weight is 163 g/mol. The molecule has 5 heteroatoms. The summed E-state index contributed by atoms with van der Waals surface area (Å²) in [6.45, 7) is 0. The molecule has 1 aromatic heterocycles. The smallest absolute Gasteiger partial charge is 0.410 e. The fraction of sp³-hybridized carbons (Fsp3) is 0. The van der Waals surface area contributed by atoms with Gasteiger partial charge in [0.2, 0.25) is 0 Å². The molecule has 0 saturated heterocycles. The van der Waals surface area contributed by atoms with E-state index < -0.39 is 6.09 Å². The fourth-order valence-electron chi connectivity index (χ4n) is 0.676. The number of nitrogens with one attached hydrogen (secondary N) is 1. The van der Waals surface area contributed by atoms with Crippen LogP contribution < -0.4 is 5.32 Å². The number of hydrogen-bond donors (Lipinski definition) is 2. The zero-order chi connectivity index (χ0) is 8.97. The highest BCUT2D eigenvalue weighted by Gasteiger charge is 1.99. The maximum absolute atomic E-state index is 10.1. The number of carbonyl (C=O) groups is 1. The Balaban J connectivity index is 2.88. The standard InChI is InChI=1S/C7H5N3O2/c8-4-5-2-1-3-6(9-5)10-7(11)12/h1-3H,(H,9,10)(H,11,12). The van der Waals surface area contributed by atoms with Crippen molar-refractivity contribution >= 4 is 11.9 Å². The maximum atomic E-state index is 10.1. The first-order chi connectivity index (χ1) is 5.72. The third-order valence-electron chi connectivity index (χ3n) is 1.10. The minimum atomic E-state index is -1.20. The summed E-state index contributed by atoms with van der Waals surface area (Å²) in [6.07, 6.45) is -1.20. The number of nitrogens with zero attached hydrogens (tertiary/aromatic N) is 2. The highest BCUT2D eigenvalue weighted by Crippen LogP contribution is 2.02. The van der Waals surface area contributed by atoms with Crippen molar-refractivity contribution in [2.75, 3.05) is 5.32 Å². The van der Waals surface area contributed by atoms with Gasteiger partial charge in [-0.1, -0.05) is 6.07 Å². The second kappa shape index (κ2) is 3.34. The van der Waals surface area contributed by atoms with Crippen LogP contribution in [0.2, 0.25) is 0 Å². The van der Waals surface area contributed by atoms with E-state index in [1.807, 2.05) is 5.32 Å². The van der Waals surface area contributed by atoms with Crippen LogP contribution in [0.25, 0.3) is 0 Å². The van der Waals surface area contributed by atoms with E-state index in [-0.39, 0.29) is 11.5 Å². The molecule has 0 unspecified atom stereocenters. The largest absolute Gasteiger partial charge is 0.465 e. The SMILES string of the molecule is N#Cc1cccc(NC(=O)O)n1. The molecule has 2 N–H and O–H groups in total. The van der Waals surface area contributed by atoms with Crippen molar-refractivity contribution in [3.05, 3.63) is 23.9 Å². The van der Waals surface area contributed by atoms with Gasteiger partial charge in [-0.3, -0.25) is 5.32 Å². The van der Waals surface area contributed by atoms with Gasteiger partial charge >= 0.3 is 6.09 Å². The first-order valence-corrected chi connectivity index (χ1v) is 3.09. The molecule has 60 valence electrons. The molecule has 0 aromatic carbocycles. The van der Waals surface area contributed by atoms with Gasteiger partial charge in [-0.05, 0) is 12.1 Å². The van der Waals surface area contributed by atoms with E-state index in [2.05, 4.69) is 4.98 Å². The van der Waals surface area contributed by atoms with Crippen molar-refractivity contribution in [2.24, 2.45) is 0 Å². The number of anilines is 1. The van der Waals surface area contributed by atoms with Crippen LogP contribution in [0.3, 0.4) is 0 Å². The zero-order valence-electron chi connectivity index (χ0n) is 5.98. The third-order valence-corrected chi connectivity index (χ3v) is 1.10. The van der Waals surface area contributed by atoms with E-state index in [0.29, 0.717) is 0 Å². The summed E-state index contributed by atoms with van der Waals surface area (Å²) < 4.78 is 0. The molecule has 0 radical (unpaired) electrons. The molecule has 0 saturated carbocycles.